The summed E-state index contributed by atoms with van der Waals surface area (Å²) in [7, 11) is 0. The lowest BCUT2D eigenvalue weighted by Crippen LogP contribution is -1.92. The Balaban J connectivity index is 1.40. The number of aromatic nitrogens is 3. The first-order valence-corrected chi connectivity index (χ1v) is 14.4. The molecule has 0 fully saturated rings. The summed E-state index contributed by atoms with van der Waals surface area (Å²) < 4.78 is 0. The molecule has 0 amide bonds. The Bertz CT molecular complexity index is 2190. The number of hydrogen-bond acceptors (Lipinski definition) is 3. The van der Waals surface area contributed by atoms with Crippen molar-refractivity contribution in [2.75, 3.05) is 0 Å². The minimum absolute atomic E-state index is 0.845. The lowest BCUT2D eigenvalue weighted by molar-refractivity contribution is 1.25. The molecule has 3 heteroatoms. The van der Waals surface area contributed by atoms with Gasteiger partial charge in [-0.3, -0.25) is 9.97 Å². The second-order valence-corrected chi connectivity index (χ2v) is 10.7. The van der Waals surface area contributed by atoms with E-state index >= 15 is 0 Å². The van der Waals surface area contributed by atoms with Gasteiger partial charge in [0, 0.05) is 18.0 Å². The molecule has 0 atom stereocenters. The normalized spacial score (nSPS) is 12.0. The smallest absolute Gasteiger partial charge is 0.0893 e. The number of allylic oxidation sites excluding steroid dienone is 5. The van der Waals surface area contributed by atoms with Crippen molar-refractivity contribution < 1.29 is 0 Å². The predicted molar refractivity (Wildman–Crippen MR) is 181 cm³/mol. The summed E-state index contributed by atoms with van der Waals surface area (Å²) in [4.78, 5) is 14.0. The van der Waals surface area contributed by atoms with Gasteiger partial charge in [-0.2, -0.15) is 0 Å². The van der Waals surface area contributed by atoms with Crippen LogP contribution in [0.4, 0.5) is 0 Å². The summed E-state index contributed by atoms with van der Waals surface area (Å²) in [5, 5.41) is 7.21. The van der Waals surface area contributed by atoms with E-state index in [1.165, 1.54) is 26.9 Å². The molecule has 0 bridgehead atoms. The van der Waals surface area contributed by atoms with E-state index in [1.807, 2.05) is 54.7 Å². The first-order chi connectivity index (χ1) is 21.1. The van der Waals surface area contributed by atoms with E-state index in [0.29, 0.717) is 0 Å². The second kappa shape index (κ2) is 11.3. The van der Waals surface area contributed by atoms with Gasteiger partial charge in [0.2, 0.25) is 0 Å². The molecular weight excluding hydrogens is 522 g/mol. The molecule has 0 aliphatic rings. The molecule has 3 aromatic heterocycles. The van der Waals surface area contributed by atoms with Crippen LogP contribution in [0.15, 0.2) is 152 Å². The average molecular weight is 552 g/mol. The van der Waals surface area contributed by atoms with Gasteiger partial charge in [0.05, 0.1) is 22.8 Å². The molecule has 7 aromatic rings. The lowest BCUT2D eigenvalue weighted by Gasteiger charge is -2.14. The van der Waals surface area contributed by atoms with Crippen LogP contribution in [-0.2, 0) is 0 Å². The van der Waals surface area contributed by atoms with Crippen molar-refractivity contribution >= 4 is 43.5 Å². The number of fused-ring (bicyclic) bond motifs is 4. The number of hydrogen-bond donors (Lipinski definition) is 0. The van der Waals surface area contributed by atoms with Crippen LogP contribution in [0.1, 0.15) is 18.2 Å². The maximum Gasteiger partial charge on any atom is 0.0893 e. The van der Waals surface area contributed by atoms with E-state index in [-0.39, 0.29) is 0 Å². The Labute approximate surface area is 251 Å². The van der Waals surface area contributed by atoms with Crippen LogP contribution in [0.3, 0.4) is 0 Å². The van der Waals surface area contributed by atoms with E-state index in [0.717, 1.165) is 50.4 Å². The summed E-state index contributed by atoms with van der Waals surface area (Å²) in [5.41, 5.74) is 7.69. The Morgan fingerprint density at radius 1 is 0.605 bits per heavy atom. The van der Waals surface area contributed by atoms with Crippen molar-refractivity contribution in [1.82, 2.24) is 15.0 Å². The molecule has 0 radical (unpaired) electrons. The largest absolute Gasteiger partial charge is 0.257 e. The van der Waals surface area contributed by atoms with Crippen LogP contribution in [-0.4, -0.2) is 15.0 Å². The van der Waals surface area contributed by atoms with Crippen LogP contribution in [0.2, 0.25) is 0 Å². The van der Waals surface area contributed by atoms with Gasteiger partial charge < -0.3 is 0 Å². The van der Waals surface area contributed by atoms with Crippen LogP contribution >= 0.6 is 0 Å². The van der Waals surface area contributed by atoms with Crippen LogP contribution < -0.4 is 0 Å². The molecule has 3 heterocycles. The molecule has 0 spiro atoms. The number of benzene rings is 4. The molecule has 3 nitrogen and oxygen atoms in total. The van der Waals surface area contributed by atoms with Gasteiger partial charge in [0.1, 0.15) is 0 Å². The number of nitrogens with zero attached hydrogens (tertiary/aromatic N) is 3. The van der Waals surface area contributed by atoms with E-state index in [4.69, 9.17) is 4.98 Å². The molecule has 204 valence electrons. The number of pyridine rings is 3. The van der Waals surface area contributed by atoms with Gasteiger partial charge in [-0.05, 0) is 117 Å². The highest BCUT2D eigenvalue weighted by atomic mass is 14.8. The second-order valence-electron chi connectivity index (χ2n) is 10.7. The Kier molecular flexibility index (Phi) is 6.90. The molecule has 0 aliphatic carbocycles. The molecule has 7 rings (SSSR count). The van der Waals surface area contributed by atoms with E-state index in [2.05, 4.69) is 108 Å². The highest BCUT2D eigenvalue weighted by molar-refractivity contribution is 6.15. The summed E-state index contributed by atoms with van der Waals surface area (Å²) in [6.45, 7) is 6.58. The maximum atomic E-state index is 5.04. The molecule has 4 aromatic carbocycles. The molecule has 0 N–H and O–H groups in total. The first-order valence-electron chi connectivity index (χ1n) is 14.4. The lowest BCUT2D eigenvalue weighted by atomic mass is 9.90. The van der Waals surface area contributed by atoms with Gasteiger partial charge in [-0.25, -0.2) is 4.98 Å². The van der Waals surface area contributed by atoms with Crippen molar-refractivity contribution in [3.05, 3.63) is 164 Å². The summed E-state index contributed by atoms with van der Waals surface area (Å²) in [6, 6.07) is 40.0. The quantitative estimate of drug-likeness (QED) is 0.117. The zero-order valence-corrected chi connectivity index (χ0v) is 23.9. The highest BCUT2D eigenvalue weighted by Gasteiger charge is 2.13. The predicted octanol–water partition coefficient (Wildman–Crippen LogP) is 10.3. The van der Waals surface area contributed by atoms with Gasteiger partial charge >= 0.3 is 0 Å². The third kappa shape index (κ3) is 5.25. The van der Waals surface area contributed by atoms with E-state index in [9.17, 15) is 0 Å². The van der Waals surface area contributed by atoms with Crippen LogP contribution in [0, 0.1) is 0 Å². The van der Waals surface area contributed by atoms with Gasteiger partial charge in [-0.15, -0.1) is 0 Å². The van der Waals surface area contributed by atoms with Gasteiger partial charge in [0.15, 0.2) is 0 Å². The third-order valence-corrected chi connectivity index (χ3v) is 7.85. The standard InChI is InChI=1S/C40H29N3/c1-27(11-9-12-28(2)37-15-5-7-21-41-37)34-25-32(38-17-10-18-40(43-38)39-16-6-8-22-42-39)26-36-33(34)20-19-31-23-29-13-3-4-14-30(29)24-35(31)36/h3-26H,1H2,2H3/b11-9-,28-12+. The minimum Gasteiger partial charge on any atom is -0.257 e. The topological polar surface area (TPSA) is 38.7 Å². The van der Waals surface area contributed by atoms with Crippen LogP contribution in [0.5, 0.6) is 0 Å². The van der Waals surface area contributed by atoms with Crippen molar-refractivity contribution in [1.29, 1.82) is 0 Å². The molecule has 0 aliphatic heterocycles. The molecule has 43 heavy (non-hydrogen) atoms. The monoisotopic (exact) mass is 551 g/mol. The molecule has 0 unspecified atom stereocenters. The third-order valence-electron chi connectivity index (χ3n) is 7.85. The fourth-order valence-corrected chi connectivity index (χ4v) is 5.60. The minimum atomic E-state index is 0.845. The summed E-state index contributed by atoms with van der Waals surface area (Å²) in [6.07, 6.45) is 9.83. The Morgan fingerprint density at radius 3 is 2.14 bits per heavy atom. The molecule has 0 saturated carbocycles. The fraction of sp³-hybridized carbons (Fsp3) is 0.0250. The maximum absolute atomic E-state index is 5.04. The molecular formula is C40H29N3. The Morgan fingerprint density at radius 2 is 1.35 bits per heavy atom. The van der Waals surface area contributed by atoms with Crippen molar-refractivity contribution in [2.24, 2.45) is 0 Å². The zero-order chi connectivity index (χ0) is 29.2. The fourth-order valence-electron chi connectivity index (χ4n) is 5.60. The van der Waals surface area contributed by atoms with Crippen LogP contribution in [0.25, 0.3) is 66.1 Å². The highest BCUT2D eigenvalue weighted by Crippen LogP contribution is 2.37. The van der Waals surface area contributed by atoms with E-state index in [1.54, 1.807) is 6.20 Å². The summed E-state index contributed by atoms with van der Waals surface area (Å²) in [5.74, 6) is 0. The first kappa shape index (κ1) is 26.2. The number of rotatable bonds is 6. The average Bonchev–Trinajstić information content (AvgIpc) is 3.07. The van der Waals surface area contributed by atoms with E-state index < -0.39 is 0 Å². The molecule has 0 saturated heterocycles. The summed E-state index contributed by atoms with van der Waals surface area (Å²) >= 11 is 0. The van der Waals surface area contributed by atoms with Gasteiger partial charge in [-0.1, -0.05) is 79.4 Å². The SMILES string of the molecule is C=C(/C=C\C=C(/C)c1ccccn1)c1cc(-c2cccc(-c3ccccn3)n2)cc2c1ccc1cc3ccccc3cc12. The zero-order valence-electron chi connectivity index (χ0n) is 23.9. The van der Waals surface area contributed by atoms with Crippen molar-refractivity contribution in [3.63, 3.8) is 0 Å². The Hall–Kier alpha value is -5.67. The van der Waals surface area contributed by atoms with Crippen molar-refractivity contribution in [3.8, 4) is 22.6 Å². The van der Waals surface area contributed by atoms with Crippen molar-refractivity contribution in [2.45, 2.75) is 6.92 Å². The van der Waals surface area contributed by atoms with Gasteiger partial charge in [0.25, 0.3) is 0 Å².